The standard InChI is InChI=1S/C12H14ClF3N2/c13-8-3-7(12(14,15)16)4-11(5-8)18-10-2-1-9(17)6-10/h3-5,9-10,18H,1-2,6,17H2. The van der Waals surface area contributed by atoms with Gasteiger partial charge in [0.25, 0.3) is 0 Å². The van der Waals surface area contributed by atoms with Crippen molar-refractivity contribution in [1.29, 1.82) is 0 Å². The fraction of sp³-hybridized carbons (Fsp3) is 0.500. The van der Waals surface area contributed by atoms with E-state index in [1.54, 1.807) is 0 Å². The number of nitrogens with two attached hydrogens (primary N) is 1. The van der Waals surface area contributed by atoms with Crippen LogP contribution in [0.2, 0.25) is 5.02 Å². The van der Waals surface area contributed by atoms with Crippen molar-refractivity contribution in [2.24, 2.45) is 5.73 Å². The topological polar surface area (TPSA) is 38.0 Å². The highest BCUT2D eigenvalue weighted by molar-refractivity contribution is 6.30. The smallest absolute Gasteiger partial charge is 0.382 e. The molecule has 0 aromatic heterocycles. The van der Waals surface area contributed by atoms with Gasteiger partial charge in [-0.2, -0.15) is 13.2 Å². The molecule has 1 aliphatic rings. The monoisotopic (exact) mass is 278 g/mol. The third-order valence-corrected chi connectivity index (χ3v) is 3.29. The van der Waals surface area contributed by atoms with Gasteiger partial charge in [0.1, 0.15) is 0 Å². The molecule has 2 unspecified atom stereocenters. The van der Waals surface area contributed by atoms with E-state index >= 15 is 0 Å². The van der Waals surface area contributed by atoms with Crippen LogP contribution in [0.25, 0.3) is 0 Å². The minimum atomic E-state index is -4.38. The van der Waals surface area contributed by atoms with Crippen molar-refractivity contribution in [3.63, 3.8) is 0 Å². The van der Waals surface area contributed by atoms with Crippen molar-refractivity contribution < 1.29 is 13.2 Å². The van der Waals surface area contributed by atoms with Crippen LogP contribution in [-0.2, 0) is 6.18 Å². The fourth-order valence-electron chi connectivity index (χ4n) is 2.22. The van der Waals surface area contributed by atoms with E-state index in [0.29, 0.717) is 5.69 Å². The first-order valence-corrected chi connectivity index (χ1v) is 6.12. The van der Waals surface area contributed by atoms with E-state index in [0.717, 1.165) is 31.4 Å². The fourth-order valence-corrected chi connectivity index (χ4v) is 2.45. The molecule has 18 heavy (non-hydrogen) atoms. The Bertz CT molecular complexity index is 434. The van der Waals surface area contributed by atoms with Crippen LogP contribution < -0.4 is 11.1 Å². The second kappa shape index (κ2) is 4.97. The van der Waals surface area contributed by atoms with Crippen LogP contribution >= 0.6 is 11.6 Å². The molecule has 1 saturated carbocycles. The predicted octanol–water partition coefficient (Wildman–Crippen LogP) is 3.65. The first kappa shape index (κ1) is 13.5. The van der Waals surface area contributed by atoms with Gasteiger partial charge < -0.3 is 11.1 Å². The molecule has 0 radical (unpaired) electrons. The van der Waals surface area contributed by atoms with Crippen molar-refractivity contribution in [3.05, 3.63) is 28.8 Å². The lowest BCUT2D eigenvalue weighted by Gasteiger charge is -2.16. The molecule has 1 fully saturated rings. The highest BCUT2D eigenvalue weighted by atomic mass is 35.5. The lowest BCUT2D eigenvalue weighted by atomic mass is 10.1. The summed E-state index contributed by atoms with van der Waals surface area (Å²) in [6.45, 7) is 0. The van der Waals surface area contributed by atoms with Crippen LogP contribution in [-0.4, -0.2) is 12.1 Å². The molecule has 1 aliphatic carbocycles. The van der Waals surface area contributed by atoms with Gasteiger partial charge in [0.15, 0.2) is 0 Å². The Morgan fingerprint density at radius 3 is 2.50 bits per heavy atom. The predicted molar refractivity (Wildman–Crippen MR) is 65.7 cm³/mol. The average molecular weight is 279 g/mol. The zero-order valence-corrected chi connectivity index (χ0v) is 10.4. The van der Waals surface area contributed by atoms with Crippen LogP contribution in [0.15, 0.2) is 18.2 Å². The van der Waals surface area contributed by atoms with Crippen molar-refractivity contribution in [1.82, 2.24) is 0 Å². The Morgan fingerprint density at radius 1 is 1.22 bits per heavy atom. The van der Waals surface area contributed by atoms with Gasteiger partial charge in [-0.3, -0.25) is 0 Å². The number of alkyl halides is 3. The van der Waals surface area contributed by atoms with Crippen LogP contribution in [0.5, 0.6) is 0 Å². The SMILES string of the molecule is NC1CCC(Nc2cc(Cl)cc(C(F)(F)F)c2)C1. The minimum absolute atomic E-state index is 0.0784. The first-order valence-electron chi connectivity index (χ1n) is 5.74. The largest absolute Gasteiger partial charge is 0.416 e. The number of benzene rings is 1. The summed E-state index contributed by atoms with van der Waals surface area (Å²) in [6, 6.07) is 3.76. The summed E-state index contributed by atoms with van der Waals surface area (Å²) >= 11 is 5.71. The normalized spacial score (nSPS) is 24.3. The summed E-state index contributed by atoms with van der Waals surface area (Å²) in [7, 11) is 0. The van der Waals surface area contributed by atoms with Gasteiger partial charge in [-0.1, -0.05) is 11.6 Å². The van der Waals surface area contributed by atoms with E-state index in [2.05, 4.69) is 5.32 Å². The highest BCUT2D eigenvalue weighted by Crippen LogP contribution is 2.34. The third-order valence-electron chi connectivity index (χ3n) is 3.07. The number of rotatable bonds is 2. The van der Waals surface area contributed by atoms with E-state index < -0.39 is 11.7 Å². The zero-order chi connectivity index (χ0) is 13.3. The number of anilines is 1. The molecular weight excluding hydrogens is 265 g/mol. The molecule has 2 atom stereocenters. The summed E-state index contributed by atoms with van der Waals surface area (Å²) < 4.78 is 37.9. The van der Waals surface area contributed by atoms with Gasteiger partial charge in [-0.25, -0.2) is 0 Å². The van der Waals surface area contributed by atoms with Crippen molar-refractivity contribution >= 4 is 17.3 Å². The van der Waals surface area contributed by atoms with E-state index in [1.165, 1.54) is 6.07 Å². The number of hydrogen-bond acceptors (Lipinski definition) is 2. The summed E-state index contributed by atoms with van der Waals surface area (Å²) in [6.07, 6.45) is -1.85. The average Bonchev–Trinajstić information content (AvgIpc) is 2.61. The van der Waals surface area contributed by atoms with Gasteiger partial charge in [0.2, 0.25) is 0 Å². The summed E-state index contributed by atoms with van der Waals surface area (Å²) in [5.41, 5.74) is 5.42. The minimum Gasteiger partial charge on any atom is -0.382 e. The highest BCUT2D eigenvalue weighted by Gasteiger charge is 2.31. The Hall–Kier alpha value is -0.940. The first-order chi connectivity index (χ1) is 8.34. The van der Waals surface area contributed by atoms with Gasteiger partial charge >= 0.3 is 6.18 Å². The van der Waals surface area contributed by atoms with Gasteiger partial charge in [-0.05, 0) is 37.5 Å². The molecule has 6 heteroatoms. The van der Waals surface area contributed by atoms with Crippen LogP contribution in [0.1, 0.15) is 24.8 Å². The maximum absolute atomic E-state index is 12.6. The number of hydrogen-bond donors (Lipinski definition) is 2. The summed E-state index contributed by atoms with van der Waals surface area (Å²) in [5, 5.41) is 3.14. The molecule has 0 amide bonds. The van der Waals surface area contributed by atoms with E-state index in [9.17, 15) is 13.2 Å². The number of halogens is 4. The number of nitrogens with one attached hydrogen (secondary N) is 1. The Morgan fingerprint density at radius 2 is 1.94 bits per heavy atom. The summed E-state index contributed by atoms with van der Waals surface area (Å²) in [4.78, 5) is 0. The van der Waals surface area contributed by atoms with Crippen LogP contribution in [0.4, 0.5) is 18.9 Å². The second-order valence-corrected chi connectivity index (χ2v) is 5.08. The van der Waals surface area contributed by atoms with E-state index in [1.807, 2.05) is 0 Å². The Kier molecular flexibility index (Phi) is 3.73. The van der Waals surface area contributed by atoms with Gasteiger partial charge in [-0.15, -0.1) is 0 Å². The molecule has 0 spiro atoms. The molecule has 0 heterocycles. The molecule has 3 N–H and O–H groups in total. The maximum atomic E-state index is 12.6. The lowest BCUT2D eigenvalue weighted by molar-refractivity contribution is -0.137. The molecular formula is C12H14ClF3N2. The molecule has 100 valence electrons. The van der Waals surface area contributed by atoms with Crippen LogP contribution in [0.3, 0.4) is 0 Å². The van der Waals surface area contributed by atoms with Crippen molar-refractivity contribution in [3.8, 4) is 0 Å². The maximum Gasteiger partial charge on any atom is 0.416 e. The van der Waals surface area contributed by atoms with E-state index in [4.69, 9.17) is 17.3 Å². The second-order valence-electron chi connectivity index (χ2n) is 4.64. The molecule has 0 bridgehead atoms. The molecule has 2 rings (SSSR count). The lowest BCUT2D eigenvalue weighted by Crippen LogP contribution is -2.21. The molecule has 0 saturated heterocycles. The van der Waals surface area contributed by atoms with E-state index in [-0.39, 0.29) is 17.1 Å². The van der Waals surface area contributed by atoms with Crippen LogP contribution in [0, 0.1) is 0 Å². The zero-order valence-electron chi connectivity index (χ0n) is 9.60. The van der Waals surface area contributed by atoms with Gasteiger partial charge in [0, 0.05) is 22.8 Å². The van der Waals surface area contributed by atoms with Crippen molar-refractivity contribution in [2.45, 2.75) is 37.5 Å². The summed E-state index contributed by atoms with van der Waals surface area (Å²) in [5.74, 6) is 0. The van der Waals surface area contributed by atoms with Gasteiger partial charge in [0.05, 0.1) is 5.56 Å². The Labute approximate surface area is 108 Å². The molecule has 0 aliphatic heterocycles. The molecule has 1 aromatic rings. The third kappa shape index (κ3) is 3.29. The Balaban J connectivity index is 2.15. The van der Waals surface area contributed by atoms with Crippen molar-refractivity contribution in [2.75, 3.05) is 5.32 Å². The molecule has 1 aromatic carbocycles. The molecule has 2 nitrogen and oxygen atoms in total. The quantitative estimate of drug-likeness (QED) is 0.866.